The van der Waals surface area contributed by atoms with Crippen LogP contribution in [-0.2, 0) is 29.1 Å². The van der Waals surface area contributed by atoms with Gasteiger partial charge in [0.25, 0.3) is 0 Å². The Kier molecular flexibility index (Phi) is 9.42. The normalized spacial score (nSPS) is 18.8. The van der Waals surface area contributed by atoms with Crippen molar-refractivity contribution in [3.05, 3.63) is 77.4 Å². The number of piperidine rings is 1. The fourth-order valence-corrected chi connectivity index (χ4v) is 5.67. The summed E-state index contributed by atoms with van der Waals surface area (Å²) in [7, 11) is 1.75. The molecular weight excluding hydrogens is 496 g/mol. The molecule has 0 spiro atoms. The van der Waals surface area contributed by atoms with Gasteiger partial charge in [-0.3, -0.25) is 14.5 Å². The average molecular weight is 535 g/mol. The van der Waals surface area contributed by atoms with E-state index in [0.717, 1.165) is 42.9 Å². The third kappa shape index (κ3) is 6.04. The highest BCUT2D eigenvalue weighted by atomic mass is 35.5. The molecule has 2 N–H and O–H groups in total. The molecule has 3 aromatic carbocycles. The minimum Gasteiger partial charge on any atom is -0.343 e. The molecule has 202 valence electrons. The van der Waals surface area contributed by atoms with Crippen molar-refractivity contribution in [1.29, 1.82) is 0 Å². The summed E-state index contributed by atoms with van der Waals surface area (Å²) in [5.41, 5.74) is 4.54. The van der Waals surface area contributed by atoms with Crippen LogP contribution in [0.5, 0.6) is 0 Å². The van der Waals surface area contributed by atoms with Gasteiger partial charge in [0, 0.05) is 12.2 Å². The predicted octanol–water partition coefficient (Wildman–Crippen LogP) is 4.82. The molecule has 2 amide bonds. The maximum atomic E-state index is 13.9. The van der Waals surface area contributed by atoms with E-state index in [9.17, 15) is 9.59 Å². The summed E-state index contributed by atoms with van der Waals surface area (Å²) in [5, 5.41) is 8.42. The first kappa shape index (κ1) is 28.1. The standard InChI is InChI=1S/C31H38N4O2.ClH/c1-22(32-2)30(36)33-28-17-16-23-10-4-7-13-29(23)35(31(28)37)21-25-15-14-24(20-34-18-8-3-9-19-34)26-11-5-6-12-27(25)26;/h4-7,10-15,22,28,32H,3,8-9,16-21H2,1-2H3,(H,33,36);1H. The molecule has 2 unspecified atom stereocenters. The summed E-state index contributed by atoms with van der Waals surface area (Å²) in [6.07, 6.45) is 5.21. The Bertz CT molecular complexity index is 1270. The minimum atomic E-state index is -0.555. The van der Waals surface area contributed by atoms with Crippen molar-refractivity contribution >= 4 is 40.7 Å². The van der Waals surface area contributed by atoms with Crippen molar-refractivity contribution in [3.8, 4) is 0 Å². The average Bonchev–Trinajstić information content (AvgIpc) is 3.06. The summed E-state index contributed by atoms with van der Waals surface area (Å²) < 4.78 is 0. The second-order valence-corrected chi connectivity index (χ2v) is 10.4. The largest absolute Gasteiger partial charge is 0.343 e. The number of hydrogen-bond donors (Lipinski definition) is 2. The van der Waals surface area contributed by atoms with Crippen LogP contribution in [0.2, 0.25) is 0 Å². The lowest BCUT2D eigenvalue weighted by Gasteiger charge is -2.29. The molecule has 0 aliphatic carbocycles. The first-order chi connectivity index (χ1) is 18.0. The van der Waals surface area contributed by atoms with E-state index in [-0.39, 0.29) is 30.3 Å². The molecular formula is C31H39ClN4O2. The highest BCUT2D eigenvalue weighted by Crippen LogP contribution is 2.31. The number of rotatable bonds is 7. The zero-order valence-corrected chi connectivity index (χ0v) is 23.2. The number of hydrogen-bond acceptors (Lipinski definition) is 4. The van der Waals surface area contributed by atoms with Gasteiger partial charge in [0.05, 0.1) is 12.6 Å². The van der Waals surface area contributed by atoms with Gasteiger partial charge in [-0.1, -0.05) is 61.0 Å². The second kappa shape index (κ2) is 12.7. The lowest BCUT2D eigenvalue weighted by molar-refractivity contribution is -0.128. The fourth-order valence-electron chi connectivity index (χ4n) is 5.67. The van der Waals surface area contributed by atoms with E-state index in [1.807, 2.05) is 23.1 Å². The summed E-state index contributed by atoms with van der Waals surface area (Å²) in [5.74, 6) is -0.206. The lowest BCUT2D eigenvalue weighted by atomic mass is 9.98. The van der Waals surface area contributed by atoms with E-state index in [4.69, 9.17) is 0 Å². The van der Waals surface area contributed by atoms with Crippen LogP contribution in [0.3, 0.4) is 0 Å². The number of fused-ring (bicyclic) bond motifs is 2. The van der Waals surface area contributed by atoms with E-state index in [0.29, 0.717) is 13.0 Å². The van der Waals surface area contributed by atoms with Crippen molar-refractivity contribution in [2.45, 2.75) is 64.2 Å². The molecule has 0 radical (unpaired) electrons. The Morgan fingerprint density at radius 3 is 2.24 bits per heavy atom. The topological polar surface area (TPSA) is 64.7 Å². The number of carbonyl (C=O) groups excluding carboxylic acids is 2. The van der Waals surface area contributed by atoms with Crippen LogP contribution in [0, 0.1) is 0 Å². The Labute approximate surface area is 232 Å². The number of carbonyl (C=O) groups is 2. The smallest absolute Gasteiger partial charge is 0.249 e. The van der Waals surface area contributed by atoms with Gasteiger partial charge in [-0.05, 0) is 86.3 Å². The number of halogens is 1. The SMILES string of the molecule is CNC(C)C(=O)NC1CCc2ccccc2N(Cc2ccc(CN3CCCCC3)c3ccccc23)C1=O.Cl. The summed E-state index contributed by atoms with van der Waals surface area (Å²) in [6, 6.07) is 20.2. The molecule has 6 nitrogen and oxygen atoms in total. The number of nitrogens with zero attached hydrogens (tertiary/aromatic N) is 2. The highest BCUT2D eigenvalue weighted by Gasteiger charge is 2.32. The second-order valence-electron chi connectivity index (χ2n) is 10.4. The van der Waals surface area contributed by atoms with Gasteiger partial charge < -0.3 is 15.5 Å². The van der Waals surface area contributed by atoms with Crippen molar-refractivity contribution in [1.82, 2.24) is 15.5 Å². The van der Waals surface area contributed by atoms with Crippen molar-refractivity contribution in [2.24, 2.45) is 0 Å². The Morgan fingerprint density at radius 1 is 0.921 bits per heavy atom. The molecule has 0 bridgehead atoms. The van der Waals surface area contributed by atoms with Gasteiger partial charge in [-0.25, -0.2) is 0 Å². The summed E-state index contributed by atoms with van der Waals surface area (Å²) in [6.45, 7) is 5.56. The van der Waals surface area contributed by atoms with Crippen LogP contribution in [0.4, 0.5) is 5.69 Å². The first-order valence-corrected chi connectivity index (χ1v) is 13.6. The number of likely N-dealkylation sites (N-methyl/N-ethyl adjacent to an activating group) is 1. The lowest BCUT2D eigenvalue weighted by Crippen LogP contribution is -2.52. The van der Waals surface area contributed by atoms with Crippen molar-refractivity contribution in [2.75, 3.05) is 25.0 Å². The van der Waals surface area contributed by atoms with Crippen LogP contribution in [0.15, 0.2) is 60.7 Å². The van der Waals surface area contributed by atoms with Crippen LogP contribution in [-0.4, -0.2) is 48.9 Å². The van der Waals surface area contributed by atoms with E-state index in [1.165, 1.54) is 35.6 Å². The van der Waals surface area contributed by atoms with Crippen LogP contribution in [0.25, 0.3) is 10.8 Å². The summed E-state index contributed by atoms with van der Waals surface area (Å²) >= 11 is 0. The maximum Gasteiger partial charge on any atom is 0.249 e. The molecule has 2 atom stereocenters. The molecule has 0 saturated carbocycles. The first-order valence-electron chi connectivity index (χ1n) is 13.6. The quantitative estimate of drug-likeness (QED) is 0.456. The third-order valence-electron chi connectivity index (χ3n) is 7.97. The monoisotopic (exact) mass is 534 g/mol. The number of para-hydroxylation sites is 1. The Hall–Kier alpha value is -2.93. The third-order valence-corrected chi connectivity index (χ3v) is 7.97. The van der Waals surface area contributed by atoms with Crippen LogP contribution in [0.1, 0.15) is 49.3 Å². The molecule has 1 fully saturated rings. The number of aryl methyl sites for hydroxylation is 1. The molecule has 7 heteroatoms. The molecule has 2 heterocycles. The van der Waals surface area contributed by atoms with E-state index in [2.05, 4.69) is 58.0 Å². The van der Waals surface area contributed by atoms with Gasteiger partial charge >= 0.3 is 0 Å². The number of nitrogens with one attached hydrogen (secondary N) is 2. The molecule has 1 saturated heterocycles. The molecule has 38 heavy (non-hydrogen) atoms. The molecule has 5 rings (SSSR count). The summed E-state index contributed by atoms with van der Waals surface area (Å²) in [4.78, 5) is 31.0. The highest BCUT2D eigenvalue weighted by molar-refractivity contribution is 6.01. The number of amides is 2. The molecule has 2 aliphatic heterocycles. The van der Waals surface area contributed by atoms with Gasteiger partial charge in [-0.2, -0.15) is 0 Å². The van der Waals surface area contributed by atoms with E-state index in [1.54, 1.807) is 14.0 Å². The van der Waals surface area contributed by atoms with Gasteiger partial charge in [0.15, 0.2) is 0 Å². The molecule has 2 aliphatic rings. The van der Waals surface area contributed by atoms with E-state index < -0.39 is 6.04 Å². The van der Waals surface area contributed by atoms with Crippen LogP contribution >= 0.6 is 12.4 Å². The van der Waals surface area contributed by atoms with Crippen LogP contribution < -0.4 is 15.5 Å². The van der Waals surface area contributed by atoms with Gasteiger partial charge in [0.2, 0.25) is 11.8 Å². The van der Waals surface area contributed by atoms with Crippen molar-refractivity contribution < 1.29 is 9.59 Å². The minimum absolute atomic E-state index is 0. The van der Waals surface area contributed by atoms with Gasteiger partial charge in [-0.15, -0.1) is 12.4 Å². The fraction of sp³-hybridized carbons (Fsp3) is 0.419. The number of benzene rings is 3. The zero-order valence-electron chi connectivity index (χ0n) is 22.4. The zero-order chi connectivity index (χ0) is 25.8. The molecule has 0 aromatic heterocycles. The predicted molar refractivity (Wildman–Crippen MR) is 157 cm³/mol. The van der Waals surface area contributed by atoms with E-state index >= 15 is 0 Å². The number of likely N-dealkylation sites (tertiary alicyclic amines) is 1. The van der Waals surface area contributed by atoms with Gasteiger partial charge in [0.1, 0.15) is 6.04 Å². The molecule has 3 aromatic rings. The Morgan fingerprint density at radius 2 is 1.55 bits per heavy atom. The maximum absolute atomic E-state index is 13.9. The Balaban J connectivity index is 0.00000336. The van der Waals surface area contributed by atoms with Crippen molar-refractivity contribution in [3.63, 3.8) is 0 Å². The number of anilines is 1.